The van der Waals surface area contributed by atoms with Crippen LogP contribution in [0.25, 0.3) is 5.65 Å². The van der Waals surface area contributed by atoms with Gasteiger partial charge in [0.1, 0.15) is 17.6 Å². The van der Waals surface area contributed by atoms with E-state index < -0.39 is 11.0 Å². The Morgan fingerprint density at radius 1 is 1.22 bits per heavy atom. The lowest BCUT2D eigenvalue weighted by Crippen LogP contribution is -2.34. The van der Waals surface area contributed by atoms with Crippen LogP contribution in [0.4, 0.5) is 11.6 Å². The fraction of sp³-hybridized carbons (Fsp3) is 0.278. The number of aliphatic hydroxyl groups excluding tert-OH is 1. The SMILES string of the molecule is COc1ccc(OC)c2c1CN(c1nc3ccccn3c1[N+](=O)[O-])C[C@@H]2O. The van der Waals surface area contributed by atoms with Crippen LogP contribution < -0.4 is 14.4 Å². The Morgan fingerprint density at radius 3 is 2.67 bits per heavy atom. The molecule has 0 amide bonds. The molecule has 1 atom stereocenters. The summed E-state index contributed by atoms with van der Waals surface area (Å²) in [4.78, 5) is 17.4. The molecule has 2 aromatic heterocycles. The Balaban J connectivity index is 1.86. The number of aliphatic hydroxyl groups is 1. The van der Waals surface area contributed by atoms with E-state index in [1.807, 2.05) is 0 Å². The summed E-state index contributed by atoms with van der Waals surface area (Å²) in [5.74, 6) is 1.22. The smallest absolute Gasteiger partial charge is 0.372 e. The van der Waals surface area contributed by atoms with Crippen molar-refractivity contribution in [2.24, 2.45) is 0 Å². The first-order valence-corrected chi connectivity index (χ1v) is 8.33. The van der Waals surface area contributed by atoms with Gasteiger partial charge in [0.25, 0.3) is 0 Å². The molecule has 27 heavy (non-hydrogen) atoms. The third-order valence-electron chi connectivity index (χ3n) is 4.75. The largest absolute Gasteiger partial charge is 0.496 e. The van der Waals surface area contributed by atoms with E-state index in [2.05, 4.69) is 4.98 Å². The van der Waals surface area contributed by atoms with Gasteiger partial charge < -0.3 is 29.6 Å². The van der Waals surface area contributed by atoms with Crippen LogP contribution in [-0.4, -0.2) is 40.2 Å². The Labute approximate surface area is 154 Å². The first-order valence-electron chi connectivity index (χ1n) is 8.33. The lowest BCUT2D eigenvalue weighted by Gasteiger charge is -2.33. The van der Waals surface area contributed by atoms with E-state index in [0.29, 0.717) is 29.3 Å². The summed E-state index contributed by atoms with van der Waals surface area (Å²) in [6, 6.07) is 8.67. The minimum atomic E-state index is -0.900. The fourth-order valence-corrected chi connectivity index (χ4v) is 3.59. The van der Waals surface area contributed by atoms with Crippen molar-refractivity contribution in [2.45, 2.75) is 12.6 Å². The molecule has 3 aromatic rings. The number of β-amino-alcohol motifs (C(OH)–C–C–N with tert-alkyl or cyclic N) is 1. The predicted molar refractivity (Wildman–Crippen MR) is 97.4 cm³/mol. The molecule has 9 heteroatoms. The molecule has 9 nitrogen and oxygen atoms in total. The van der Waals surface area contributed by atoms with Crippen LogP contribution in [0.2, 0.25) is 0 Å². The van der Waals surface area contributed by atoms with Gasteiger partial charge in [-0.05, 0) is 23.1 Å². The van der Waals surface area contributed by atoms with Gasteiger partial charge in [0.05, 0.1) is 27.0 Å². The molecule has 0 fully saturated rings. The maximum Gasteiger partial charge on any atom is 0.372 e. The zero-order valence-corrected chi connectivity index (χ0v) is 14.8. The summed E-state index contributed by atoms with van der Waals surface area (Å²) in [7, 11) is 3.08. The first-order chi connectivity index (χ1) is 13.0. The second-order valence-corrected chi connectivity index (χ2v) is 6.20. The Kier molecular flexibility index (Phi) is 4.08. The van der Waals surface area contributed by atoms with Crippen molar-refractivity contribution in [3.05, 3.63) is 57.8 Å². The van der Waals surface area contributed by atoms with Crippen LogP contribution in [0.15, 0.2) is 36.5 Å². The van der Waals surface area contributed by atoms with Gasteiger partial charge in [0, 0.05) is 23.7 Å². The second kappa shape index (κ2) is 6.44. The molecule has 1 aromatic carbocycles. The van der Waals surface area contributed by atoms with Crippen LogP contribution in [0.5, 0.6) is 11.5 Å². The van der Waals surface area contributed by atoms with Gasteiger partial charge in [-0.2, -0.15) is 9.38 Å². The van der Waals surface area contributed by atoms with Crippen LogP contribution in [0.1, 0.15) is 17.2 Å². The predicted octanol–water partition coefficient (Wildman–Crippen LogP) is 2.31. The molecule has 4 rings (SSSR count). The molecule has 0 aliphatic carbocycles. The van der Waals surface area contributed by atoms with Crippen molar-refractivity contribution in [1.29, 1.82) is 0 Å². The number of hydrogen-bond donors (Lipinski definition) is 1. The third kappa shape index (κ3) is 2.63. The molecule has 1 aliphatic heterocycles. The molecular formula is C18H18N4O5. The van der Waals surface area contributed by atoms with E-state index in [1.54, 1.807) is 48.5 Å². The molecule has 140 valence electrons. The number of methoxy groups -OCH3 is 2. The average Bonchev–Trinajstić information content (AvgIpc) is 3.06. The molecule has 0 spiro atoms. The van der Waals surface area contributed by atoms with Crippen molar-refractivity contribution in [1.82, 2.24) is 9.38 Å². The van der Waals surface area contributed by atoms with E-state index in [4.69, 9.17) is 9.47 Å². The highest BCUT2D eigenvalue weighted by Crippen LogP contribution is 2.42. The highest BCUT2D eigenvalue weighted by atomic mass is 16.6. The van der Waals surface area contributed by atoms with Crippen molar-refractivity contribution in [3.63, 3.8) is 0 Å². The summed E-state index contributed by atoms with van der Waals surface area (Å²) >= 11 is 0. The molecular weight excluding hydrogens is 352 g/mol. The first kappa shape index (κ1) is 17.1. The number of anilines is 1. The van der Waals surface area contributed by atoms with E-state index in [1.165, 1.54) is 11.5 Å². The number of nitrogens with zero attached hydrogens (tertiary/aromatic N) is 4. The number of fused-ring (bicyclic) bond motifs is 2. The van der Waals surface area contributed by atoms with Gasteiger partial charge in [-0.15, -0.1) is 0 Å². The lowest BCUT2D eigenvalue weighted by atomic mass is 9.95. The summed E-state index contributed by atoms with van der Waals surface area (Å²) in [6.07, 6.45) is 0.699. The molecule has 3 heterocycles. The van der Waals surface area contributed by atoms with E-state index >= 15 is 0 Å². The maximum atomic E-state index is 11.7. The minimum Gasteiger partial charge on any atom is -0.496 e. The zero-order valence-electron chi connectivity index (χ0n) is 14.8. The van der Waals surface area contributed by atoms with Gasteiger partial charge in [-0.1, -0.05) is 6.07 Å². The van der Waals surface area contributed by atoms with Crippen LogP contribution in [0.3, 0.4) is 0 Å². The number of hydrogen-bond acceptors (Lipinski definition) is 7. The minimum absolute atomic E-state index is 0.136. The molecule has 1 aliphatic rings. The Morgan fingerprint density at radius 2 is 1.96 bits per heavy atom. The highest BCUT2D eigenvalue weighted by molar-refractivity contribution is 5.65. The van der Waals surface area contributed by atoms with Crippen molar-refractivity contribution >= 4 is 17.3 Å². The van der Waals surface area contributed by atoms with Gasteiger partial charge >= 0.3 is 5.82 Å². The fourth-order valence-electron chi connectivity index (χ4n) is 3.59. The van der Waals surface area contributed by atoms with Gasteiger partial charge in [-0.3, -0.25) is 0 Å². The molecule has 0 bridgehead atoms. The van der Waals surface area contributed by atoms with E-state index in [9.17, 15) is 15.2 Å². The number of imidazole rings is 1. The quantitative estimate of drug-likeness (QED) is 0.555. The number of rotatable bonds is 4. The number of benzene rings is 1. The van der Waals surface area contributed by atoms with Gasteiger partial charge in [0.15, 0.2) is 0 Å². The topological polar surface area (TPSA) is 102 Å². The molecule has 0 radical (unpaired) electrons. The van der Waals surface area contributed by atoms with E-state index in [0.717, 1.165) is 5.56 Å². The number of nitro groups is 1. The average molecular weight is 370 g/mol. The molecule has 0 saturated heterocycles. The standard InChI is InChI=1S/C18H18N4O5/c1-26-13-6-7-14(27-2)16-11(13)9-20(10-12(16)23)17-18(22(24)25)21-8-4-3-5-15(21)19-17/h3-8,12,23H,9-10H2,1-2H3/t12-/m0/s1. The third-order valence-corrected chi connectivity index (χ3v) is 4.75. The molecule has 1 N–H and O–H groups in total. The zero-order chi connectivity index (χ0) is 19.1. The number of pyridine rings is 1. The van der Waals surface area contributed by atoms with Crippen molar-refractivity contribution in [2.75, 3.05) is 25.7 Å². The number of aromatic nitrogens is 2. The lowest BCUT2D eigenvalue weighted by molar-refractivity contribution is -0.389. The van der Waals surface area contributed by atoms with Crippen molar-refractivity contribution < 1.29 is 19.5 Å². The normalized spacial score (nSPS) is 16.3. The van der Waals surface area contributed by atoms with Crippen molar-refractivity contribution in [3.8, 4) is 11.5 Å². The molecule has 0 unspecified atom stereocenters. The Hall–Kier alpha value is -3.33. The summed E-state index contributed by atoms with van der Waals surface area (Å²) in [6.45, 7) is 0.457. The monoisotopic (exact) mass is 370 g/mol. The van der Waals surface area contributed by atoms with Crippen LogP contribution in [0, 0.1) is 10.1 Å². The highest BCUT2D eigenvalue weighted by Gasteiger charge is 2.35. The van der Waals surface area contributed by atoms with Gasteiger partial charge in [-0.25, -0.2) is 0 Å². The number of ether oxygens (including phenoxy) is 2. The second-order valence-electron chi connectivity index (χ2n) is 6.20. The van der Waals surface area contributed by atoms with Crippen LogP contribution in [-0.2, 0) is 6.54 Å². The Bertz CT molecular complexity index is 1030. The molecule has 0 saturated carbocycles. The summed E-state index contributed by atoms with van der Waals surface area (Å²) in [5.41, 5.74) is 1.83. The summed E-state index contributed by atoms with van der Waals surface area (Å²) < 4.78 is 12.2. The summed E-state index contributed by atoms with van der Waals surface area (Å²) in [5, 5.41) is 22.4. The van der Waals surface area contributed by atoms with Crippen LogP contribution >= 0.6 is 0 Å². The van der Waals surface area contributed by atoms with Gasteiger partial charge in [0.2, 0.25) is 11.5 Å². The maximum absolute atomic E-state index is 11.7. The van der Waals surface area contributed by atoms with E-state index in [-0.39, 0.29) is 18.2 Å².